The molecule has 1 aliphatic rings. The Morgan fingerprint density at radius 2 is 1.96 bits per heavy atom. The van der Waals surface area contributed by atoms with Crippen LogP contribution in [0.3, 0.4) is 0 Å². The molecule has 25 heavy (non-hydrogen) atoms. The van der Waals surface area contributed by atoms with Crippen LogP contribution >= 0.6 is 11.3 Å². The highest BCUT2D eigenvalue weighted by atomic mass is 32.1. The first kappa shape index (κ1) is 16.0. The zero-order valence-corrected chi connectivity index (χ0v) is 14.7. The third-order valence-electron chi connectivity index (χ3n) is 4.49. The van der Waals surface area contributed by atoms with Crippen LogP contribution in [0.15, 0.2) is 40.3 Å². The smallest absolute Gasteiger partial charge is 0.253 e. The van der Waals surface area contributed by atoms with Crippen LogP contribution in [-0.2, 0) is 0 Å². The molecule has 0 N–H and O–H groups in total. The van der Waals surface area contributed by atoms with E-state index in [1.165, 1.54) is 5.01 Å². The summed E-state index contributed by atoms with van der Waals surface area (Å²) in [6.07, 6.45) is 3.79. The molecule has 1 aromatic carbocycles. The average molecular weight is 354 g/mol. The van der Waals surface area contributed by atoms with Crippen LogP contribution in [0.4, 0.5) is 0 Å². The van der Waals surface area contributed by atoms with Gasteiger partial charge in [-0.2, -0.15) is 0 Å². The molecule has 3 heterocycles. The fraction of sp³-hybridized carbons (Fsp3) is 0.333. The summed E-state index contributed by atoms with van der Waals surface area (Å²) in [5.41, 5.74) is 1.51. The number of aromatic nitrogens is 3. The number of rotatable bonds is 3. The van der Waals surface area contributed by atoms with Crippen molar-refractivity contribution in [2.75, 3.05) is 13.1 Å². The van der Waals surface area contributed by atoms with Crippen molar-refractivity contribution in [2.24, 2.45) is 0 Å². The van der Waals surface area contributed by atoms with Gasteiger partial charge in [-0.05, 0) is 37.1 Å². The Kier molecular flexibility index (Phi) is 4.31. The normalized spacial score (nSPS) is 15.5. The predicted molar refractivity (Wildman–Crippen MR) is 94.5 cm³/mol. The van der Waals surface area contributed by atoms with Gasteiger partial charge in [0, 0.05) is 48.6 Å². The Morgan fingerprint density at radius 1 is 1.20 bits per heavy atom. The number of aryl methyl sites for hydroxylation is 1. The van der Waals surface area contributed by atoms with Crippen molar-refractivity contribution in [1.82, 2.24) is 20.1 Å². The summed E-state index contributed by atoms with van der Waals surface area (Å²) in [6.45, 7) is 3.30. The van der Waals surface area contributed by atoms with Gasteiger partial charge in [0.05, 0.1) is 5.01 Å². The number of likely N-dealkylation sites (tertiary alicyclic amines) is 1. The molecule has 3 aromatic rings. The number of hydrogen-bond acceptors (Lipinski definition) is 6. The Bertz CT molecular complexity index is 850. The van der Waals surface area contributed by atoms with E-state index in [-0.39, 0.29) is 5.91 Å². The molecule has 0 bridgehead atoms. The van der Waals surface area contributed by atoms with Gasteiger partial charge < -0.3 is 9.32 Å². The summed E-state index contributed by atoms with van der Waals surface area (Å²) in [7, 11) is 0. The Balaban J connectivity index is 1.41. The fourth-order valence-electron chi connectivity index (χ4n) is 3.12. The lowest BCUT2D eigenvalue weighted by Crippen LogP contribution is -2.37. The molecular formula is C18H18N4O2S. The topological polar surface area (TPSA) is 72.1 Å². The van der Waals surface area contributed by atoms with Crippen LogP contribution in [0.2, 0.25) is 0 Å². The third-order valence-corrected chi connectivity index (χ3v) is 5.43. The van der Waals surface area contributed by atoms with Gasteiger partial charge in [-0.15, -0.1) is 21.5 Å². The second kappa shape index (κ2) is 6.76. The first-order chi connectivity index (χ1) is 12.2. The van der Waals surface area contributed by atoms with Gasteiger partial charge >= 0.3 is 0 Å². The molecule has 1 saturated heterocycles. The second-order valence-corrected chi connectivity index (χ2v) is 7.07. The maximum absolute atomic E-state index is 12.7. The van der Waals surface area contributed by atoms with Crippen molar-refractivity contribution in [1.29, 1.82) is 0 Å². The van der Waals surface area contributed by atoms with Crippen molar-refractivity contribution >= 4 is 17.2 Å². The minimum absolute atomic E-state index is 0.0749. The molecule has 6 nitrogen and oxygen atoms in total. The molecule has 0 spiro atoms. The van der Waals surface area contributed by atoms with Crippen LogP contribution in [0, 0.1) is 6.92 Å². The zero-order valence-electron chi connectivity index (χ0n) is 13.9. The maximum Gasteiger partial charge on any atom is 0.253 e. The van der Waals surface area contributed by atoms with Crippen molar-refractivity contribution in [2.45, 2.75) is 25.7 Å². The minimum atomic E-state index is 0.0749. The van der Waals surface area contributed by atoms with Crippen LogP contribution in [0.25, 0.3) is 11.5 Å². The molecule has 0 radical (unpaired) electrons. The molecular weight excluding hydrogens is 336 g/mol. The van der Waals surface area contributed by atoms with Crippen molar-refractivity contribution < 1.29 is 9.21 Å². The Morgan fingerprint density at radius 3 is 2.56 bits per heavy atom. The Hall–Kier alpha value is -2.54. The van der Waals surface area contributed by atoms with E-state index >= 15 is 0 Å². The molecule has 2 aromatic heterocycles. The SMILES string of the molecule is Cc1nnc(-c2ccc(C(=O)N3CCC(c4nccs4)CC3)cc2)o1. The number of thiazole rings is 1. The first-order valence-electron chi connectivity index (χ1n) is 8.30. The van der Waals surface area contributed by atoms with Gasteiger partial charge in [0.2, 0.25) is 11.8 Å². The summed E-state index contributed by atoms with van der Waals surface area (Å²) in [6, 6.07) is 7.35. The van der Waals surface area contributed by atoms with Gasteiger partial charge in [-0.1, -0.05) is 0 Å². The molecule has 0 atom stereocenters. The van der Waals surface area contributed by atoms with E-state index in [0.29, 0.717) is 23.3 Å². The highest BCUT2D eigenvalue weighted by Crippen LogP contribution is 2.30. The van der Waals surface area contributed by atoms with E-state index in [2.05, 4.69) is 15.2 Å². The third kappa shape index (κ3) is 3.32. The van der Waals surface area contributed by atoms with Crippen molar-refractivity contribution in [3.63, 3.8) is 0 Å². The summed E-state index contributed by atoms with van der Waals surface area (Å²) in [5.74, 6) is 1.55. The minimum Gasteiger partial charge on any atom is -0.421 e. The van der Waals surface area contributed by atoms with E-state index in [9.17, 15) is 4.79 Å². The molecule has 7 heteroatoms. The predicted octanol–water partition coefficient (Wildman–Crippen LogP) is 3.52. The molecule has 0 unspecified atom stereocenters. The monoisotopic (exact) mass is 354 g/mol. The van der Waals surface area contributed by atoms with Crippen LogP contribution in [0.5, 0.6) is 0 Å². The van der Waals surface area contributed by atoms with E-state index in [0.717, 1.165) is 31.5 Å². The number of carbonyl (C=O) groups excluding carboxylic acids is 1. The number of benzene rings is 1. The van der Waals surface area contributed by atoms with Crippen molar-refractivity contribution in [3.05, 3.63) is 52.3 Å². The first-order valence-corrected chi connectivity index (χ1v) is 9.18. The zero-order chi connectivity index (χ0) is 17.2. The molecule has 1 amide bonds. The number of hydrogen-bond donors (Lipinski definition) is 0. The Labute approximate surface area is 149 Å². The number of amides is 1. The van der Waals surface area contributed by atoms with E-state index in [1.54, 1.807) is 18.3 Å². The van der Waals surface area contributed by atoms with E-state index < -0.39 is 0 Å². The quantitative estimate of drug-likeness (QED) is 0.719. The lowest BCUT2D eigenvalue weighted by atomic mass is 9.97. The lowest BCUT2D eigenvalue weighted by molar-refractivity contribution is 0.0713. The molecule has 1 aliphatic heterocycles. The van der Waals surface area contributed by atoms with E-state index in [4.69, 9.17) is 4.42 Å². The van der Waals surface area contributed by atoms with Gasteiger partial charge in [-0.3, -0.25) is 4.79 Å². The fourth-order valence-corrected chi connectivity index (χ4v) is 3.93. The molecule has 1 fully saturated rings. The molecule has 0 aliphatic carbocycles. The number of piperidine rings is 1. The van der Waals surface area contributed by atoms with E-state index in [1.807, 2.05) is 40.7 Å². The number of carbonyl (C=O) groups is 1. The van der Waals surface area contributed by atoms with Gasteiger partial charge in [0.15, 0.2) is 0 Å². The summed E-state index contributed by atoms with van der Waals surface area (Å²) >= 11 is 1.70. The highest BCUT2D eigenvalue weighted by Gasteiger charge is 2.25. The molecule has 128 valence electrons. The van der Waals surface area contributed by atoms with Crippen LogP contribution in [-0.4, -0.2) is 39.1 Å². The van der Waals surface area contributed by atoms with Gasteiger partial charge in [0.1, 0.15) is 0 Å². The highest BCUT2D eigenvalue weighted by molar-refractivity contribution is 7.09. The van der Waals surface area contributed by atoms with Crippen LogP contribution in [0.1, 0.15) is 40.0 Å². The summed E-state index contributed by atoms with van der Waals surface area (Å²) in [4.78, 5) is 19.0. The maximum atomic E-state index is 12.7. The van der Waals surface area contributed by atoms with Gasteiger partial charge in [-0.25, -0.2) is 4.98 Å². The molecule has 0 saturated carbocycles. The largest absolute Gasteiger partial charge is 0.421 e. The number of nitrogens with zero attached hydrogens (tertiary/aromatic N) is 4. The summed E-state index contributed by atoms with van der Waals surface area (Å²) in [5, 5.41) is 11.0. The lowest BCUT2D eigenvalue weighted by Gasteiger charge is -2.31. The van der Waals surface area contributed by atoms with Gasteiger partial charge in [0.25, 0.3) is 5.91 Å². The summed E-state index contributed by atoms with van der Waals surface area (Å²) < 4.78 is 5.41. The molecule has 4 rings (SSSR count). The second-order valence-electron chi connectivity index (χ2n) is 6.14. The van der Waals surface area contributed by atoms with Crippen molar-refractivity contribution in [3.8, 4) is 11.5 Å². The standard InChI is InChI=1S/C18H18N4O2S/c1-12-20-21-16(24-12)13-2-4-15(5-3-13)18(23)22-9-6-14(7-10-22)17-19-8-11-25-17/h2-5,8,11,14H,6-7,9-10H2,1H3. The average Bonchev–Trinajstić information content (AvgIpc) is 3.33. The van der Waals surface area contributed by atoms with Crippen LogP contribution < -0.4 is 0 Å².